The smallest absolute Gasteiger partial charge is 0.471 e. The van der Waals surface area contributed by atoms with Crippen LogP contribution in [0, 0.1) is 20.8 Å². The molecule has 0 aliphatic heterocycles. The average Bonchev–Trinajstić information content (AvgIpc) is 3.22. The molecular weight excluding hydrogens is 365 g/mol. The summed E-state index contributed by atoms with van der Waals surface area (Å²) >= 11 is 0. The predicted molar refractivity (Wildman–Crippen MR) is 87.2 cm³/mol. The molecule has 1 aromatic carbocycles. The molecule has 144 valence electrons. The number of aromatic nitrogens is 4. The van der Waals surface area contributed by atoms with Gasteiger partial charge in [-0.05, 0) is 37.1 Å². The summed E-state index contributed by atoms with van der Waals surface area (Å²) in [5.74, 6) is -0.334. The molecule has 0 saturated heterocycles. The molecule has 0 bridgehead atoms. The molecule has 27 heavy (non-hydrogen) atoms. The standard InChI is InChI=1S/C17H17F3N4O3/c1-8-5-12(15-21-11(4)26-24-15)6-9(2)13(8)25-7-10(3)14-22-16(27-23-14)17(18,19)20/h5-6,10H,7H2,1-4H3. The monoisotopic (exact) mass is 382 g/mol. The highest BCUT2D eigenvalue weighted by atomic mass is 19.4. The van der Waals surface area contributed by atoms with E-state index in [1.165, 1.54) is 0 Å². The molecule has 7 nitrogen and oxygen atoms in total. The van der Waals surface area contributed by atoms with Gasteiger partial charge in [0.15, 0.2) is 5.82 Å². The minimum absolute atomic E-state index is 0.0588. The van der Waals surface area contributed by atoms with E-state index in [1.807, 2.05) is 26.0 Å². The van der Waals surface area contributed by atoms with Crippen LogP contribution in [-0.4, -0.2) is 26.9 Å². The van der Waals surface area contributed by atoms with Gasteiger partial charge in [0.25, 0.3) is 0 Å². The first-order valence-electron chi connectivity index (χ1n) is 8.10. The van der Waals surface area contributed by atoms with Gasteiger partial charge in [-0.25, -0.2) is 0 Å². The first-order chi connectivity index (χ1) is 12.6. The molecule has 0 spiro atoms. The van der Waals surface area contributed by atoms with Crippen LogP contribution in [0.1, 0.15) is 41.6 Å². The van der Waals surface area contributed by atoms with Crippen LogP contribution in [0.25, 0.3) is 11.4 Å². The van der Waals surface area contributed by atoms with Crippen molar-refractivity contribution in [1.29, 1.82) is 0 Å². The summed E-state index contributed by atoms with van der Waals surface area (Å²) < 4.78 is 52.7. The zero-order chi connectivity index (χ0) is 19.8. The predicted octanol–water partition coefficient (Wildman–Crippen LogP) is 4.25. The van der Waals surface area contributed by atoms with E-state index in [0.717, 1.165) is 16.7 Å². The highest BCUT2D eigenvalue weighted by Crippen LogP contribution is 2.31. The Balaban J connectivity index is 1.73. The minimum Gasteiger partial charge on any atom is -0.492 e. The molecule has 0 fully saturated rings. The lowest BCUT2D eigenvalue weighted by molar-refractivity contribution is -0.159. The Morgan fingerprint density at radius 1 is 1.04 bits per heavy atom. The maximum absolute atomic E-state index is 12.6. The van der Waals surface area contributed by atoms with Gasteiger partial charge in [-0.1, -0.05) is 17.2 Å². The molecule has 3 aromatic rings. The van der Waals surface area contributed by atoms with E-state index in [9.17, 15) is 13.2 Å². The molecule has 2 heterocycles. The minimum atomic E-state index is -4.66. The highest BCUT2D eigenvalue weighted by Gasteiger charge is 2.38. The largest absolute Gasteiger partial charge is 0.492 e. The number of nitrogens with zero attached hydrogens (tertiary/aromatic N) is 4. The van der Waals surface area contributed by atoms with Crippen molar-refractivity contribution in [2.24, 2.45) is 0 Å². The van der Waals surface area contributed by atoms with Gasteiger partial charge in [-0.2, -0.15) is 23.1 Å². The Hall–Kier alpha value is -2.91. The number of rotatable bonds is 5. The van der Waals surface area contributed by atoms with E-state index in [2.05, 4.69) is 24.8 Å². The van der Waals surface area contributed by atoms with Gasteiger partial charge in [-0.3, -0.25) is 0 Å². The molecule has 0 N–H and O–H groups in total. The van der Waals surface area contributed by atoms with E-state index in [1.54, 1.807) is 13.8 Å². The van der Waals surface area contributed by atoms with E-state index < -0.39 is 18.0 Å². The summed E-state index contributed by atoms with van der Waals surface area (Å²) in [5, 5.41) is 7.27. The zero-order valence-electron chi connectivity index (χ0n) is 15.1. The number of alkyl halides is 3. The lowest BCUT2D eigenvalue weighted by Gasteiger charge is -2.15. The SMILES string of the molecule is Cc1nc(-c2cc(C)c(OCC(C)c3noc(C(F)(F)F)n3)c(C)c2)no1. The molecule has 1 unspecified atom stereocenters. The van der Waals surface area contributed by atoms with E-state index in [0.29, 0.717) is 17.5 Å². The Labute approximate surface area is 152 Å². The van der Waals surface area contributed by atoms with Gasteiger partial charge in [-0.15, -0.1) is 0 Å². The first kappa shape index (κ1) is 18.9. The van der Waals surface area contributed by atoms with Crippen LogP contribution in [0.5, 0.6) is 5.75 Å². The Kier molecular flexibility index (Phi) is 4.90. The molecule has 3 rings (SSSR count). The second-order valence-electron chi connectivity index (χ2n) is 6.24. The third-order valence-corrected chi connectivity index (χ3v) is 3.85. The van der Waals surface area contributed by atoms with Gasteiger partial charge in [0.2, 0.25) is 11.7 Å². The quantitative estimate of drug-likeness (QED) is 0.652. The molecule has 0 saturated carbocycles. The Morgan fingerprint density at radius 2 is 1.70 bits per heavy atom. The van der Waals surface area contributed by atoms with Crippen molar-refractivity contribution in [3.63, 3.8) is 0 Å². The molecular formula is C17H17F3N4O3. The fourth-order valence-electron chi connectivity index (χ4n) is 2.56. The van der Waals surface area contributed by atoms with Crippen molar-refractivity contribution in [3.8, 4) is 17.1 Å². The number of ether oxygens (including phenoxy) is 1. The summed E-state index contributed by atoms with van der Waals surface area (Å²) in [7, 11) is 0. The zero-order valence-corrected chi connectivity index (χ0v) is 15.1. The number of halogens is 3. The van der Waals surface area contributed by atoms with Gasteiger partial charge in [0, 0.05) is 12.5 Å². The summed E-state index contributed by atoms with van der Waals surface area (Å²) in [6.45, 7) is 7.18. The van der Waals surface area contributed by atoms with Gasteiger partial charge in [0.05, 0.1) is 12.5 Å². The first-order valence-corrected chi connectivity index (χ1v) is 8.10. The van der Waals surface area contributed by atoms with Gasteiger partial charge < -0.3 is 13.8 Å². The van der Waals surface area contributed by atoms with Crippen molar-refractivity contribution in [1.82, 2.24) is 20.3 Å². The molecule has 0 aliphatic rings. The van der Waals surface area contributed by atoms with Crippen molar-refractivity contribution >= 4 is 0 Å². The highest BCUT2D eigenvalue weighted by molar-refractivity contribution is 5.60. The van der Waals surface area contributed by atoms with Crippen molar-refractivity contribution in [2.45, 2.75) is 39.8 Å². The lowest BCUT2D eigenvalue weighted by atomic mass is 10.0. The van der Waals surface area contributed by atoms with E-state index >= 15 is 0 Å². The lowest BCUT2D eigenvalue weighted by Crippen LogP contribution is -2.11. The molecule has 10 heteroatoms. The van der Waals surface area contributed by atoms with Crippen LogP contribution in [0.2, 0.25) is 0 Å². The Bertz CT molecular complexity index is 926. The number of hydrogen-bond donors (Lipinski definition) is 0. The second kappa shape index (κ2) is 7.01. The van der Waals surface area contributed by atoms with Crippen LogP contribution < -0.4 is 4.74 Å². The van der Waals surface area contributed by atoms with Crippen LogP contribution in [0.4, 0.5) is 13.2 Å². The average molecular weight is 382 g/mol. The Morgan fingerprint density at radius 3 is 2.22 bits per heavy atom. The fourth-order valence-corrected chi connectivity index (χ4v) is 2.56. The summed E-state index contributed by atoms with van der Waals surface area (Å²) in [5.41, 5.74) is 2.46. The topological polar surface area (TPSA) is 87.1 Å². The van der Waals surface area contributed by atoms with Gasteiger partial charge >= 0.3 is 12.1 Å². The van der Waals surface area contributed by atoms with E-state index in [4.69, 9.17) is 9.26 Å². The van der Waals surface area contributed by atoms with Crippen molar-refractivity contribution in [3.05, 3.63) is 40.9 Å². The fraction of sp³-hybridized carbons (Fsp3) is 0.412. The van der Waals surface area contributed by atoms with Gasteiger partial charge in [0.1, 0.15) is 5.75 Å². The van der Waals surface area contributed by atoms with E-state index in [-0.39, 0.29) is 12.4 Å². The van der Waals surface area contributed by atoms with Crippen LogP contribution in [0.15, 0.2) is 21.2 Å². The summed E-state index contributed by atoms with van der Waals surface area (Å²) in [6, 6.07) is 3.71. The number of benzene rings is 1. The third-order valence-electron chi connectivity index (χ3n) is 3.85. The van der Waals surface area contributed by atoms with Crippen LogP contribution in [-0.2, 0) is 6.18 Å². The summed E-state index contributed by atoms with van der Waals surface area (Å²) in [4.78, 5) is 7.58. The maximum atomic E-state index is 12.6. The third kappa shape index (κ3) is 4.09. The van der Waals surface area contributed by atoms with Crippen molar-refractivity contribution < 1.29 is 27.0 Å². The molecule has 0 aliphatic carbocycles. The second-order valence-corrected chi connectivity index (χ2v) is 6.24. The van der Waals surface area contributed by atoms with Crippen LogP contribution in [0.3, 0.4) is 0 Å². The molecule has 0 amide bonds. The van der Waals surface area contributed by atoms with Crippen LogP contribution >= 0.6 is 0 Å². The number of hydrogen-bond acceptors (Lipinski definition) is 7. The maximum Gasteiger partial charge on any atom is 0.471 e. The molecule has 0 radical (unpaired) electrons. The number of aryl methyl sites for hydroxylation is 3. The molecule has 2 aromatic heterocycles. The van der Waals surface area contributed by atoms with Crippen molar-refractivity contribution in [2.75, 3.05) is 6.61 Å². The normalized spacial score (nSPS) is 13.0. The molecule has 1 atom stereocenters. The summed E-state index contributed by atoms with van der Waals surface area (Å²) in [6.07, 6.45) is -4.66.